The molecule has 0 aliphatic rings. The largest absolute Gasteiger partial charge is 0.433 e. The lowest BCUT2D eigenvalue weighted by molar-refractivity contribution is -0.141. The average Bonchev–Trinajstić information content (AvgIpc) is 3.30. The number of hydrogen-bond donors (Lipinski definition) is 2. The molecule has 0 spiro atoms. The molecule has 2 aromatic carbocycles. The van der Waals surface area contributed by atoms with E-state index in [9.17, 15) is 18.3 Å². The molecule has 1 atom stereocenters. The first-order valence-corrected chi connectivity index (χ1v) is 12.3. The van der Waals surface area contributed by atoms with Gasteiger partial charge >= 0.3 is 6.18 Å². The smallest absolute Gasteiger partial charge is 0.378 e. The molecule has 4 rings (SSSR count). The predicted molar refractivity (Wildman–Crippen MR) is 129 cm³/mol. The van der Waals surface area contributed by atoms with Crippen molar-refractivity contribution in [2.45, 2.75) is 30.5 Å². The second-order valence-corrected chi connectivity index (χ2v) is 9.55. The lowest BCUT2D eigenvalue weighted by Gasteiger charge is -2.21. The fourth-order valence-electron chi connectivity index (χ4n) is 3.38. The van der Waals surface area contributed by atoms with Crippen LogP contribution in [0.4, 0.5) is 24.8 Å². The number of hydrogen-bond acceptors (Lipinski definition) is 7. The Morgan fingerprint density at radius 1 is 1.03 bits per heavy atom. The molecule has 0 radical (unpaired) electrons. The van der Waals surface area contributed by atoms with Crippen LogP contribution in [0, 0.1) is 6.92 Å². The van der Waals surface area contributed by atoms with Crippen LogP contribution in [0.15, 0.2) is 65.0 Å². The van der Waals surface area contributed by atoms with E-state index in [1.165, 1.54) is 11.3 Å². The van der Waals surface area contributed by atoms with Crippen LogP contribution in [0.3, 0.4) is 0 Å². The van der Waals surface area contributed by atoms with Crippen LogP contribution >= 0.6 is 23.1 Å². The van der Waals surface area contributed by atoms with Crippen molar-refractivity contribution in [1.82, 2.24) is 15.0 Å². The monoisotopic (exact) mass is 502 g/mol. The molecule has 2 aromatic heterocycles. The number of nitrogens with one attached hydrogen (secondary N) is 1. The number of alkyl halides is 3. The van der Waals surface area contributed by atoms with E-state index >= 15 is 0 Å². The van der Waals surface area contributed by atoms with Crippen LogP contribution in [-0.4, -0.2) is 26.3 Å². The molecule has 5 nitrogen and oxygen atoms in total. The molecule has 4 aromatic rings. The maximum atomic E-state index is 13.0. The second-order valence-electron chi connectivity index (χ2n) is 7.81. The third kappa shape index (κ3) is 5.24. The Bertz CT molecular complexity index is 1300. The van der Waals surface area contributed by atoms with Crippen molar-refractivity contribution < 1.29 is 18.3 Å². The van der Waals surface area contributed by atoms with Crippen molar-refractivity contribution in [1.29, 1.82) is 0 Å². The van der Waals surface area contributed by atoms with Gasteiger partial charge in [0.2, 0.25) is 5.95 Å². The van der Waals surface area contributed by atoms with Crippen LogP contribution in [-0.2, 0) is 11.8 Å². The fraction of sp³-hybridized carbons (Fsp3) is 0.208. The Morgan fingerprint density at radius 3 is 2.44 bits per heavy atom. The van der Waals surface area contributed by atoms with Gasteiger partial charge in [-0.2, -0.15) is 13.2 Å². The molecular weight excluding hydrogens is 481 g/mol. The molecule has 2 N–H and O–H groups in total. The zero-order chi connectivity index (χ0) is 24.5. The average molecular weight is 503 g/mol. The number of aromatic nitrogens is 3. The third-order valence-corrected chi connectivity index (χ3v) is 6.94. The number of benzene rings is 2. The standard InChI is InChI=1S/C24H21F3N4OS2/c1-14-10-15(12-17(11-14)29-22-28-9-8-20(31-22)24(25,26)27)19-13-34-21(30-19)23(2,32)16-4-6-18(33-3)7-5-16/h4-13,32H,1-3H3,(H,28,29,31). The molecule has 0 aliphatic carbocycles. The van der Waals surface area contributed by atoms with Crippen LogP contribution in [0.5, 0.6) is 0 Å². The summed E-state index contributed by atoms with van der Waals surface area (Å²) in [6.45, 7) is 3.58. The van der Waals surface area contributed by atoms with Gasteiger partial charge < -0.3 is 10.4 Å². The summed E-state index contributed by atoms with van der Waals surface area (Å²) in [5.74, 6) is -0.151. The molecule has 0 bridgehead atoms. The number of anilines is 2. The molecule has 2 heterocycles. The number of thiazole rings is 1. The van der Waals surface area contributed by atoms with E-state index in [1.807, 2.05) is 48.9 Å². The van der Waals surface area contributed by atoms with E-state index < -0.39 is 17.5 Å². The maximum Gasteiger partial charge on any atom is 0.433 e. The summed E-state index contributed by atoms with van der Waals surface area (Å²) < 4.78 is 38.9. The number of halogens is 3. The summed E-state index contributed by atoms with van der Waals surface area (Å²) in [6.07, 6.45) is -1.50. The van der Waals surface area contributed by atoms with Crippen molar-refractivity contribution in [2.24, 2.45) is 0 Å². The Kier molecular flexibility index (Phi) is 6.66. The summed E-state index contributed by atoms with van der Waals surface area (Å²) in [7, 11) is 0. The number of thioether (sulfide) groups is 1. The van der Waals surface area contributed by atoms with E-state index in [-0.39, 0.29) is 5.95 Å². The Morgan fingerprint density at radius 2 is 1.76 bits per heavy atom. The van der Waals surface area contributed by atoms with E-state index in [4.69, 9.17) is 0 Å². The zero-order valence-electron chi connectivity index (χ0n) is 18.5. The van der Waals surface area contributed by atoms with E-state index in [0.29, 0.717) is 16.4 Å². The van der Waals surface area contributed by atoms with Gasteiger partial charge in [-0.1, -0.05) is 12.1 Å². The Labute approximate surface area is 203 Å². The van der Waals surface area contributed by atoms with Crippen molar-refractivity contribution in [3.05, 3.63) is 81.9 Å². The summed E-state index contributed by atoms with van der Waals surface area (Å²) in [4.78, 5) is 13.2. The zero-order valence-corrected chi connectivity index (χ0v) is 20.1. The highest BCUT2D eigenvalue weighted by atomic mass is 32.2. The van der Waals surface area contributed by atoms with E-state index in [2.05, 4.69) is 20.3 Å². The van der Waals surface area contributed by atoms with Crippen LogP contribution in [0.1, 0.15) is 28.8 Å². The molecule has 0 saturated carbocycles. The molecule has 1 unspecified atom stereocenters. The van der Waals surface area contributed by atoms with Gasteiger partial charge in [0.1, 0.15) is 16.3 Å². The number of aryl methyl sites for hydroxylation is 1. The van der Waals surface area contributed by atoms with E-state index in [1.54, 1.807) is 30.8 Å². The third-order valence-electron chi connectivity index (χ3n) is 5.15. The molecule has 176 valence electrons. The van der Waals surface area contributed by atoms with Gasteiger partial charge in [-0.05, 0) is 67.6 Å². The first-order valence-electron chi connectivity index (χ1n) is 10.2. The maximum absolute atomic E-state index is 13.0. The molecular formula is C24H21F3N4OS2. The molecule has 0 amide bonds. The predicted octanol–water partition coefficient (Wildman–Crippen LogP) is 6.65. The molecule has 10 heteroatoms. The number of rotatable bonds is 6. The van der Waals surface area contributed by atoms with Gasteiger partial charge in [0.05, 0.1) is 5.69 Å². The number of nitrogens with zero attached hydrogens (tertiary/aromatic N) is 3. The first-order chi connectivity index (χ1) is 16.1. The van der Waals surface area contributed by atoms with Crippen molar-refractivity contribution in [3.8, 4) is 11.3 Å². The van der Waals surface area contributed by atoms with Crippen molar-refractivity contribution in [2.75, 3.05) is 11.6 Å². The molecule has 0 aliphatic heterocycles. The minimum absolute atomic E-state index is 0.151. The van der Waals surface area contributed by atoms with Gasteiger partial charge in [-0.3, -0.25) is 0 Å². The minimum Gasteiger partial charge on any atom is -0.378 e. The Balaban J connectivity index is 1.61. The quantitative estimate of drug-likeness (QED) is 0.288. The first kappa shape index (κ1) is 24.2. The fourth-order valence-corrected chi connectivity index (χ4v) is 4.70. The van der Waals surface area contributed by atoms with Gasteiger partial charge in [-0.25, -0.2) is 15.0 Å². The molecule has 0 saturated heterocycles. The lowest BCUT2D eigenvalue weighted by atomic mass is 9.97. The summed E-state index contributed by atoms with van der Waals surface area (Å²) in [5, 5.41) is 16.4. The van der Waals surface area contributed by atoms with Gasteiger partial charge in [-0.15, -0.1) is 23.1 Å². The highest BCUT2D eigenvalue weighted by Crippen LogP contribution is 2.35. The Hall–Kier alpha value is -2.95. The van der Waals surface area contributed by atoms with Crippen molar-refractivity contribution >= 4 is 34.7 Å². The van der Waals surface area contributed by atoms with Gasteiger partial charge in [0.15, 0.2) is 0 Å². The van der Waals surface area contributed by atoms with Crippen molar-refractivity contribution in [3.63, 3.8) is 0 Å². The summed E-state index contributed by atoms with van der Waals surface area (Å²) in [6, 6.07) is 14.0. The van der Waals surface area contributed by atoms with Gasteiger partial charge in [0.25, 0.3) is 0 Å². The SMILES string of the molecule is CSc1ccc(C(C)(O)c2nc(-c3cc(C)cc(Nc4nccc(C(F)(F)F)n4)c3)cs2)cc1. The topological polar surface area (TPSA) is 70.9 Å². The second kappa shape index (κ2) is 9.36. The highest BCUT2D eigenvalue weighted by Gasteiger charge is 2.33. The van der Waals surface area contributed by atoms with Crippen LogP contribution in [0.25, 0.3) is 11.3 Å². The van der Waals surface area contributed by atoms with Gasteiger partial charge in [0, 0.05) is 27.7 Å². The summed E-state index contributed by atoms with van der Waals surface area (Å²) in [5.41, 5.74) is 1.26. The lowest BCUT2D eigenvalue weighted by Crippen LogP contribution is -2.22. The van der Waals surface area contributed by atoms with Crippen LogP contribution < -0.4 is 5.32 Å². The minimum atomic E-state index is -4.55. The molecule has 34 heavy (non-hydrogen) atoms. The normalized spacial score (nSPS) is 13.5. The van der Waals surface area contributed by atoms with Crippen LogP contribution in [0.2, 0.25) is 0 Å². The number of aliphatic hydroxyl groups is 1. The molecule has 0 fully saturated rings. The highest BCUT2D eigenvalue weighted by molar-refractivity contribution is 7.98. The summed E-state index contributed by atoms with van der Waals surface area (Å²) >= 11 is 2.97. The van der Waals surface area contributed by atoms with E-state index in [0.717, 1.165) is 33.8 Å².